The van der Waals surface area contributed by atoms with E-state index in [0.717, 1.165) is 16.7 Å². The second-order valence-corrected chi connectivity index (χ2v) is 5.39. The SMILES string of the molecule is O=C(CC1CCCCC1)Nc1ccc2nc[nH]c2c1. The molecule has 2 aromatic rings. The Morgan fingerprint density at radius 2 is 2.16 bits per heavy atom. The third kappa shape index (κ3) is 2.95. The Hall–Kier alpha value is -1.84. The van der Waals surface area contributed by atoms with Crippen LogP contribution in [0.25, 0.3) is 11.0 Å². The number of carbonyl (C=O) groups is 1. The molecule has 1 heterocycles. The zero-order valence-corrected chi connectivity index (χ0v) is 11.0. The second kappa shape index (κ2) is 5.43. The van der Waals surface area contributed by atoms with Crippen LogP contribution in [0.2, 0.25) is 0 Å². The molecule has 3 rings (SSSR count). The molecule has 1 aromatic carbocycles. The van der Waals surface area contributed by atoms with Crippen molar-refractivity contribution >= 4 is 22.6 Å². The van der Waals surface area contributed by atoms with E-state index in [0.29, 0.717) is 12.3 Å². The molecule has 0 unspecified atom stereocenters. The lowest BCUT2D eigenvalue weighted by molar-refractivity contribution is -0.117. The van der Waals surface area contributed by atoms with Crippen LogP contribution in [0.4, 0.5) is 5.69 Å². The van der Waals surface area contributed by atoms with Gasteiger partial charge in [-0.3, -0.25) is 4.79 Å². The number of fused-ring (bicyclic) bond motifs is 1. The van der Waals surface area contributed by atoms with E-state index in [4.69, 9.17) is 0 Å². The lowest BCUT2D eigenvalue weighted by Crippen LogP contribution is -2.18. The van der Waals surface area contributed by atoms with E-state index in [1.165, 1.54) is 32.1 Å². The summed E-state index contributed by atoms with van der Waals surface area (Å²) in [7, 11) is 0. The molecule has 1 saturated carbocycles. The number of carbonyl (C=O) groups excluding carboxylic acids is 1. The van der Waals surface area contributed by atoms with Gasteiger partial charge in [-0.15, -0.1) is 0 Å². The minimum Gasteiger partial charge on any atom is -0.345 e. The highest BCUT2D eigenvalue weighted by molar-refractivity contribution is 5.93. The molecule has 1 amide bonds. The van der Waals surface area contributed by atoms with Gasteiger partial charge in [0.15, 0.2) is 0 Å². The molecular weight excluding hydrogens is 238 g/mol. The topological polar surface area (TPSA) is 57.8 Å². The van der Waals surface area contributed by atoms with Gasteiger partial charge in [0.1, 0.15) is 0 Å². The van der Waals surface area contributed by atoms with Crippen molar-refractivity contribution in [2.75, 3.05) is 5.32 Å². The smallest absolute Gasteiger partial charge is 0.224 e. The zero-order chi connectivity index (χ0) is 13.1. The third-order valence-corrected chi connectivity index (χ3v) is 3.90. The monoisotopic (exact) mass is 257 g/mol. The summed E-state index contributed by atoms with van der Waals surface area (Å²) >= 11 is 0. The molecule has 19 heavy (non-hydrogen) atoms. The number of amides is 1. The largest absolute Gasteiger partial charge is 0.345 e. The number of hydrogen-bond donors (Lipinski definition) is 2. The molecule has 1 aliphatic carbocycles. The lowest BCUT2D eigenvalue weighted by atomic mass is 9.87. The molecule has 0 bridgehead atoms. The van der Waals surface area contributed by atoms with Gasteiger partial charge in [0.2, 0.25) is 5.91 Å². The average Bonchev–Trinajstić information content (AvgIpc) is 2.87. The van der Waals surface area contributed by atoms with E-state index < -0.39 is 0 Å². The summed E-state index contributed by atoms with van der Waals surface area (Å²) in [4.78, 5) is 19.2. The first kappa shape index (κ1) is 12.2. The number of anilines is 1. The predicted molar refractivity (Wildman–Crippen MR) is 75.9 cm³/mol. The first-order valence-electron chi connectivity index (χ1n) is 7.04. The molecule has 4 nitrogen and oxygen atoms in total. The molecule has 1 aromatic heterocycles. The Balaban J connectivity index is 1.61. The summed E-state index contributed by atoms with van der Waals surface area (Å²) in [5.41, 5.74) is 2.72. The number of benzene rings is 1. The van der Waals surface area contributed by atoms with Crippen molar-refractivity contribution in [2.24, 2.45) is 5.92 Å². The van der Waals surface area contributed by atoms with Gasteiger partial charge in [0.25, 0.3) is 0 Å². The summed E-state index contributed by atoms with van der Waals surface area (Å²) in [6.07, 6.45) is 8.60. The Labute approximate surface area is 112 Å². The van der Waals surface area contributed by atoms with Crippen LogP contribution < -0.4 is 5.32 Å². The number of hydrogen-bond acceptors (Lipinski definition) is 2. The van der Waals surface area contributed by atoms with E-state index in [2.05, 4.69) is 15.3 Å². The van der Waals surface area contributed by atoms with E-state index in [1.807, 2.05) is 18.2 Å². The van der Waals surface area contributed by atoms with Crippen molar-refractivity contribution in [3.8, 4) is 0 Å². The molecule has 2 N–H and O–H groups in total. The maximum atomic E-state index is 12.0. The van der Waals surface area contributed by atoms with Gasteiger partial charge in [0.05, 0.1) is 17.4 Å². The molecular formula is C15H19N3O. The molecule has 0 atom stereocenters. The molecule has 0 spiro atoms. The van der Waals surface area contributed by atoms with Crippen molar-refractivity contribution in [1.29, 1.82) is 0 Å². The normalized spacial score (nSPS) is 16.6. The first-order chi connectivity index (χ1) is 9.31. The minimum atomic E-state index is 0.130. The molecule has 0 saturated heterocycles. The maximum Gasteiger partial charge on any atom is 0.224 e. The highest BCUT2D eigenvalue weighted by Gasteiger charge is 2.17. The fourth-order valence-corrected chi connectivity index (χ4v) is 2.88. The first-order valence-corrected chi connectivity index (χ1v) is 7.04. The standard InChI is InChI=1S/C15H19N3O/c19-15(8-11-4-2-1-3-5-11)18-12-6-7-13-14(9-12)17-10-16-13/h6-7,9-11H,1-5,8H2,(H,16,17)(H,18,19). The van der Waals surface area contributed by atoms with Crippen molar-refractivity contribution < 1.29 is 4.79 Å². The van der Waals surface area contributed by atoms with Crippen LogP contribution in [0, 0.1) is 5.92 Å². The number of imidazole rings is 1. The van der Waals surface area contributed by atoms with Gasteiger partial charge < -0.3 is 10.3 Å². The van der Waals surface area contributed by atoms with E-state index in [1.54, 1.807) is 6.33 Å². The van der Waals surface area contributed by atoms with Gasteiger partial charge in [0, 0.05) is 12.1 Å². The third-order valence-electron chi connectivity index (χ3n) is 3.90. The van der Waals surface area contributed by atoms with Crippen molar-refractivity contribution in [3.63, 3.8) is 0 Å². The summed E-state index contributed by atoms with van der Waals surface area (Å²) in [5.74, 6) is 0.704. The molecule has 1 fully saturated rings. The quantitative estimate of drug-likeness (QED) is 0.884. The van der Waals surface area contributed by atoms with Crippen LogP contribution in [0.3, 0.4) is 0 Å². The summed E-state index contributed by atoms with van der Waals surface area (Å²) in [6.45, 7) is 0. The molecule has 1 aliphatic rings. The van der Waals surface area contributed by atoms with Gasteiger partial charge in [-0.25, -0.2) is 4.98 Å². The summed E-state index contributed by atoms with van der Waals surface area (Å²) < 4.78 is 0. The second-order valence-electron chi connectivity index (χ2n) is 5.39. The Bertz CT molecular complexity index is 570. The molecule has 0 aliphatic heterocycles. The minimum absolute atomic E-state index is 0.130. The fourth-order valence-electron chi connectivity index (χ4n) is 2.88. The van der Waals surface area contributed by atoms with E-state index >= 15 is 0 Å². The number of H-pyrrole nitrogens is 1. The van der Waals surface area contributed by atoms with E-state index in [-0.39, 0.29) is 5.91 Å². The highest BCUT2D eigenvalue weighted by Crippen LogP contribution is 2.26. The lowest BCUT2D eigenvalue weighted by Gasteiger charge is -2.20. The highest BCUT2D eigenvalue weighted by atomic mass is 16.1. The number of nitrogens with one attached hydrogen (secondary N) is 2. The number of aromatic amines is 1. The van der Waals surface area contributed by atoms with Crippen molar-refractivity contribution in [3.05, 3.63) is 24.5 Å². The zero-order valence-electron chi connectivity index (χ0n) is 11.0. The number of nitrogens with zero attached hydrogens (tertiary/aromatic N) is 1. The maximum absolute atomic E-state index is 12.0. The van der Waals surface area contributed by atoms with Crippen LogP contribution >= 0.6 is 0 Å². The fraction of sp³-hybridized carbons (Fsp3) is 0.467. The number of rotatable bonds is 3. The average molecular weight is 257 g/mol. The number of aromatic nitrogens is 2. The van der Waals surface area contributed by atoms with Crippen LogP contribution in [-0.4, -0.2) is 15.9 Å². The summed E-state index contributed by atoms with van der Waals surface area (Å²) in [5, 5.41) is 2.98. The van der Waals surface area contributed by atoms with Crippen LogP contribution in [-0.2, 0) is 4.79 Å². The van der Waals surface area contributed by atoms with E-state index in [9.17, 15) is 4.79 Å². The van der Waals surface area contributed by atoms with Crippen molar-refractivity contribution in [2.45, 2.75) is 38.5 Å². The predicted octanol–water partition coefficient (Wildman–Crippen LogP) is 3.47. The molecule has 4 heteroatoms. The summed E-state index contributed by atoms with van der Waals surface area (Å²) in [6, 6.07) is 5.76. The van der Waals surface area contributed by atoms with Crippen LogP contribution in [0.15, 0.2) is 24.5 Å². The van der Waals surface area contributed by atoms with Gasteiger partial charge in [-0.2, -0.15) is 0 Å². The van der Waals surface area contributed by atoms with Gasteiger partial charge >= 0.3 is 0 Å². The Morgan fingerprint density at radius 1 is 1.32 bits per heavy atom. The molecule has 100 valence electrons. The van der Waals surface area contributed by atoms with Gasteiger partial charge in [-0.1, -0.05) is 19.3 Å². The van der Waals surface area contributed by atoms with Gasteiger partial charge in [-0.05, 0) is 37.0 Å². The van der Waals surface area contributed by atoms with Crippen LogP contribution in [0.1, 0.15) is 38.5 Å². The molecule has 0 radical (unpaired) electrons. The Morgan fingerprint density at radius 3 is 3.00 bits per heavy atom. The van der Waals surface area contributed by atoms with Crippen molar-refractivity contribution in [1.82, 2.24) is 9.97 Å². The Kier molecular flexibility index (Phi) is 3.49. The van der Waals surface area contributed by atoms with Crippen LogP contribution in [0.5, 0.6) is 0 Å².